The van der Waals surface area contributed by atoms with Crippen LogP contribution >= 0.6 is 0 Å². The first-order chi connectivity index (χ1) is 7.66. The predicted molar refractivity (Wildman–Crippen MR) is 60.2 cm³/mol. The smallest absolute Gasteiger partial charge is 0.316 e. The minimum atomic E-state index is -1.33. The van der Waals surface area contributed by atoms with Gasteiger partial charge in [-0.1, -0.05) is 18.2 Å². The molecule has 1 aliphatic rings. The second-order valence-electron chi connectivity index (χ2n) is 3.69. The van der Waals surface area contributed by atoms with Crippen molar-refractivity contribution >= 4 is 16.8 Å². The normalized spacial score (nSPS) is 19.9. The van der Waals surface area contributed by atoms with Crippen molar-refractivity contribution in [1.82, 2.24) is 0 Å². The van der Waals surface area contributed by atoms with Crippen LogP contribution in [0.2, 0.25) is 0 Å². The first kappa shape index (κ1) is 11.1. The lowest BCUT2D eigenvalue weighted by atomic mass is 10.0. The molecule has 2 unspecified atom stereocenters. The quantitative estimate of drug-likeness (QED) is 0.852. The highest BCUT2D eigenvalue weighted by Gasteiger charge is 2.25. The molecule has 1 heterocycles. The van der Waals surface area contributed by atoms with Crippen molar-refractivity contribution in [2.75, 3.05) is 18.1 Å². The third-order valence-electron chi connectivity index (χ3n) is 2.47. The summed E-state index contributed by atoms with van der Waals surface area (Å²) in [5.41, 5.74) is 1.03. The van der Waals surface area contributed by atoms with E-state index in [1.54, 1.807) is 0 Å². The molecular formula is C11H12O4S. The Kier molecular flexibility index (Phi) is 3.24. The van der Waals surface area contributed by atoms with Crippen molar-refractivity contribution in [2.24, 2.45) is 0 Å². The van der Waals surface area contributed by atoms with Gasteiger partial charge in [0.05, 0.1) is 6.61 Å². The Morgan fingerprint density at radius 1 is 1.50 bits per heavy atom. The standard InChI is InChI=1S/C11H12O4S/c12-11(13)7-16(14)6-8-5-15-10-4-2-1-3-9(8)10/h1-4,8H,5-7H2,(H,12,13). The average molecular weight is 240 g/mol. The number of rotatable bonds is 4. The fourth-order valence-corrected chi connectivity index (χ4v) is 2.91. The van der Waals surface area contributed by atoms with Gasteiger partial charge < -0.3 is 9.84 Å². The molecule has 0 amide bonds. The molecule has 0 radical (unpaired) electrons. The Morgan fingerprint density at radius 2 is 2.25 bits per heavy atom. The third kappa shape index (κ3) is 2.41. The van der Waals surface area contributed by atoms with Crippen LogP contribution in [-0.2, 0) is 15.6 Å². The van der Waals surface area contributed by atoms with E-state index in [2.05, 4.69) is 0 Å². The molecule has 86 valence electrons. The van der Waals surface area contributed by atoms with Gasteiger partial charge >= 0.3 is 5.97 Å². The fourth-order valence-electron chi connectivity index (χ4n) is 1.79. The Bertz CT molecular complexity index is 430. The van der Waals surface area contributed by atoms with Gasteiger partial charge in [0.1, 0.15) is 11.5 Å². The van der Waals surface area contributed by atoms with Gasteiger partial charge in [-0.3, -0.25) is 9.00 Å². The van der Waals surface area contributed by atoms with Gasteiger partial charge in [0.15, 0.2) is 0 Å². The molecule has 0 saturated carbocycles. The molecule has 1 aromatic carbocycles. The highest BCUT2D eigenvalue weighted by Crippen LogP contribution is 2.33. The molecule has 5 heteroatoms. The first-order valence-corrected chi connectivity index (χ1v) is 6.44. The number of benzene rings is 1. The fraction of sp³-hybridized carbons (Fsp3) is 0.364. The molecule has 0 bridgehead atoms. The molecule has 0 fully saturated rings. The van der Waals surface area contributed by atoms with Crippen molar-refractivity contribution in [2.45, 2.75) is 5.92 Å². The number of carbonyl (C=O) groups is 1. The van der Waals surface area contributed by atoms with Gasteiger partial charge in [0.25, 0.3) is 0 Å². The van der Waals surface area contributed by atoms with Crippen molar-refractivity contribution in [1.29, 1.82) is 0 Å². The van der Waals surface area contributed by atoms with E-state index in [1.165, 1.54) is 0 Å². The van der Waals surface area contributed by atoms with Crippen LogP contribution in [0.3, 0.4) is 0 Å². The van der Waals surface area contributed by atoms with Gasteiger partial charge in [0, 0.05) is 28.0 Å². The molecule has 1 aliphatic heterocycles. The minimum Gasteiger partial charge on any atom is -0.493 e. The highest BCUT2D eigenvalue weighted by molar-refractivity contribution is 7.85. The molecule has 0 spiro atoms. The molecule has 0 aromatic heterocycles. The van der Waals surface area contributed by atoms with Crippen LogP contribution in [-0.4, -0.2) is 33.4 Å². The van der Waals surface area contributed by atoms with Crippen molar-refractivity contribution in [3.05, 3.63) is 29.8 Å². The van der Waals surface area contributed by atoms with E-state index >= 15 is 0 Å². The summed E-state index contributed by atoms with van der Waals surface area (Å²) in [7, 11) is -1.33. The van der Waals surface area contributed by atoms with Crippen molar-refractivity contribution in [3.8, 4) is 5.75 Å². The van der Waals surface area contributed by atoms with Gasteiger partial charge in [-0.25, -0.2) is 0 Å². The highest BCUT2D eigenvalue weighted by atomic mass is 32.2. The Morgan fingerprint density at radius 3 is 3.00 bits per heavy atom. The number of aliphatic carboxylic acids is 1. The number of carboxylic acids is 1. The molecule has 1 N–H and O–H groups in total. The molecule has 0 saturated heterocycles. The summed E-state index contributed by atoms with van der Waals surface area (Å²) in [5, 5.41) is 8.53. The van der Waals surface area contributed by atoms with Crippen LogP contribution in [0, 0.1) is 0 Å². The summed E-state index contributed by atoms with van der Waals surface area (Å²) < 4.78 is 16.9. The van der Waals surface area contributed by atoms with Crippen LogP contribution in [0.15, 0.2) is 24.3 Å². The summed E-state index contributed by atoms with van der Waals surface area (Å²) in [6.45, 7) is 0.491. The van der Waals surface area contributed by atoms with Gasteiger partial charge in [-0.2, -0.15) is 0 Å². The third-order valence-corrected chi connectivity index (χ3v) is 3.81. The zero-order valence-electron chi connectivity index (χ0n) is 8.59. The number of fused-ring (bicyclic) bond motifs is 1. The Balaban J connectivity index is 2.03. The number of hydrogen-bond acceptors (Lipinski definition) is 3. The summed E-state index contributed by atoms with van der Waals surface area (Å²) in [4.78, 5) is 10.4. The summed E-state index contributed by atoms with van der Waals surface area (Å²) in [5.74, 6) is -0.0936. The summed E-state index contributed by atoms with van der Waals surface area (Å²) in [6, 6.07) is 7.59. The molecule has 2 atom stereocenters. The number of para-hydroxylation sites is 1. The molecule has 2 rings (SSSR count). The second-order valence-corrected chi connectivity index (χ2v) is 5.19. The van der Waals surface area contributed by atoms with Crippen LogP contribution in [0.5, 0.6) is 5.75 Å². The SMILES string of the molecule is O=C(O)CS(=O)CC1COc2ccccc21. The van der Waals surface area contributed by atoms with Crippen molar-refractivity contribution < 1.29 is 18.8 Å². The molecule has 1 aromatic rings. The van der Waals surface area contributed by atoms with E-state index in [4.69, 9.17) is 9.84 Å². The van der Waals surface area contributed by atoms with E-state index in [0.29, 0.717) is 12.4 Å². The average Bonchev–Trinajstić information content (AvgIpc) is 2.61. The summed E-state index contributed by atoms with van der Waals surface area (Å²) >= 11 is 0. The lowest BCUT2D eigenvalue weighted by molar-refractivity contribution is -0.133. The van der Waals surface area contributed by atoms with Crippen LogP contribution in [0.25, 0.3) is 0 Å². The number of hydrogen-bond donors (Lipinski definition) is 1. The second kappa shape index (κ2) is 4.65. The Hall–Kier alpha value is -1.36. The van der Waals surface area contributed by atoms with Gasteiger partial charge in [-0.05, 0) is 6.07 Å². The molecule has 0 aliphatic carbocycles. The maximum atomic E-state index is 11.5. The van der Waals surface area contributed by atoms with Gasteiger partial charge in [0.2, 0.25) is 0 Å². The van der Waals surface area contributed by atoms with Crippen LogP contribution < -0.4 is 4.74 Å². The first-order valence-electron chi connectivity index (χ1n) is 4.95. The van der Waals surface area contributed by atoms with Gasteiger partial charge in [-0.15, -0.1) is 0 Å². The number of carboxylic acid groups (broad SMARTS) is 1. The van der Waals surface area contributed by atoms with E-state index in [9.17, 15) is 9.00 Å². The maximum absolute atomic E-state index is 11.5. The molecule has 4 nitrogen and oxygen atoms in total. The zero-order chi connectivity index (χ0) is 11.5. The van der Waals surface area contributed by atoms with Crippen LogP contribution in [0.1, 0.15) is 11.5 Å². The topological polar surface area (TPSA) is 63.6 Å². The Labute approximate surface area is 95.7 Å². The number of ether oxygens (including phenoxy) is 1. The zero-order valence-corrected chi connectivity index (χ0v) is 9.40. The maximum Gasteiger partial charge on any atom is 0.316 e. The monoisotopic (exact) mass is 240 g/mol. The predicted octanol–water partition coefficient (Wildman–Crippen LogP) is 0.996. The minimum absolute atomic E-state index is 0.0522. The van der Waals surface area contributed by atoms with E-state index in [1.807, 2.05) is 24.3 Å². The van der Waals surface area contributed by atoms with Crippen LogP contribution in [0.4, 0.5) is 0 Å². The van der Waals surface area contributed by atoms with E-state index < -0.39 is 16.8 Å². The molecule has 16 heavy (non-hydrogen) atoms. The van der Waals surface area contributed by atoms with E-state index in [0.717, 1.165) is 11.3 Å². The molecular weight excluding hydrogens is 228 g/mol. The van der Waals surface area contributed by atoms with Crippen molar-refractivity contribution in [3.63, 3.8) is 0 Å². The summed E-state index contributed by atoms with van der Waals surface area (Å²) in [6.07, 6.45) is 0. The van der Waals surface area contributed by atoms with E-state index in [-0.39, 0.29) is 11.7 Å². The largest absolute Gasteiger partial charge is 0.493 e. The lowest BCUT2D eigenvalue weighted by Crippen LogP contribution is -2.17. The lowest BCUT2D eigenvalue weighted by Gasteiger charge is -2.06.